The van der Waals surface area contributed by atoms with Gasteiger partial charge in [0.25, 0.3) is 0 Å². The van der Waals surface area contributed by atoms with Crippen LogP contribution >= 0.6 is 21.6 Å². The van der Waals surface area contributed by atoms with Crippen LogP contribution in [0.4, 0.5) is 11.4 Å². The largest absolute Gasteiger partial charge is 0.507 e. The van der Waals surface area contributed by atoms with Crippen molar-refractivity contribution in [3.8, 4) is 11.5 Å². The highest BCUT2D eigenvalue weighted by molar-refractivity contribution is 8.76. The number of benzene rings is 2. The second kappa shape index (κ2) is 11.2. The van der Waals surface area contributed by atoms with Gasteiger partial charge in [-0.05, 0) is 74.2 Å². The number of anilines is 2. The lowest BCUT2D eigenvalue weighted by molar-refractivity contribution is -0.116. The van der Waals surface area contributed by atoms with Crippen molar-refractivity contribution < 1.29 is 19.8 Å². The van der Waals surface area contributed by atoms with Crippen molar-refractivity contribution in [1.29, 1.82) is 0 Å². The SMILES string of the molecule is Cc1cc(NC(=O)CCSSCCC(=O)Nc2cc(C)c(O)c(C)c2)cc(C)c1O. The zero-order chi connectivity index (χ0) is 22.3. The Morgan fingerprint density at radius 2 is 1.00 bits per heavy atom. The van der Waals surface area contributed by atoms with Crippen LogP contribution in [0.5, 0.6) is 11.5 Å². The number of aromatic hydroxyl groups is 2. The van der Waals surface area contributed by atoms with Gasteiger partial charge < -0.3 is 20.8 Å². The molecule has 0 atom stereocenters. The van der Waals surface area contributed by atoms with Crippen molar-refractivity contribution in [2.24, 2.45) is 0 Å². The first-order valence-corrected chi connectivity index (χ1v) is 12.1. The quantitative estimate of drug-likeness (QED) is 0.243. The predicted molar refractivity (Wildman–Crippen MR) is 127 cm³/mol. The van der Waals surface area contributed by atoms with E-state index in [9.17, 15) is 19.8 Å². The van der Waals surface area contributed by atoms with Crippen LogP contribution < -0.4 is 10.6 Å². The molecule has 2 aromatic rings. The van der Waals surface area contributed by atoms with Crippen LogP contribution in [0, 0.1) is 27.7 Å². The number of aryl methyl sites for hydroxylation is 4. The summed E-state index contributed by atoms with van der Waals surface area (Å²) in [5.74, 6) is 1.63. The van der Waals surface area contributed by atoms with Crippen molar-refractivity contribution in [3.05, 3.63) is 46.5 Å². The summed E-state index contributed by atoms with van der Waals surface area (Å²) >= 11 is 0. The van der Waals surface area contributed by atoms with Crippen LogP contribution in [-0.2, 0) is 9.59 Å². The van der Waals surface area contributed by atoms with Crippen molar-refractivity contribution in [2.75, 3.05) is 22.1 Å². The topological polar surface area (TPSA) is 98.7 Å². The molecule has 0 aliphatic carbocycles. The lowest BCUT2D eigenvalue weighted by Crippen LogP contribution is -2.13. The first kappa shape index (κ1) is 24.0. The molecule has 8 heteroatoms. The zero-order valence-electron chi connectivity index (χ0n) is 17.7. The highest BCUT2D eigenvalue weighted by Crippen LogP contribution is 2.27. The second-order valence-electron chi connectivity index (χ2n) is 7.16. The summed E-state index contributed by atoms with van der Waals surface area (Å²) in [6.07, 6.45) is 0.740. The molecule has 0 saturated carbocycles. The highest BCUT2D eigenvalue weighted by atomic mass is 33.1. The third kappa shape index (κ3) is 7.18. The fourth-order valence-corrected chi connectivity index (χ4v) is 4.87. The van der Waals surface area contributed by atoms with Gasteiger partial charge in [0, 0.05) is 35.7 Å². The van der Waals surface area contributed by atoms with Crippen LogP contribution in [-0.4, -0.2) is 33.5 Å². The molecule has 0 unspecified atom stereocenters. The minimum absolute atomic E-state index is 0.0802. The summed E-state index contributed by atoms with van der Waals surface area (Å²) in [6.45, 7) is 7.18. The van der Waals surface area contributed by atoms with Crippen molar-refractivity contribution in [1.82, 2.24) is 0 Å². The van der Waals surface area contributed by atoms with Gasteiger partial charge >= 0.3 is 0 Å². The van der Waals surface area contributed by atoms with Crippen LogP contribution in [0.1, 0.15) is 35.1 Å². The fourth-order valence-electron chi connectivity index (χ4n) is 2.89. The first-order valence-electron chi connectivity index (χ1n) is 9.62. The van der Waals surface area contributed by atoms with E-state index in [0.717, 1.165) is 22.3 Å². The molecule has 0 fully saturated rings. The minimum atomic E-state index is -0.0802. The van der Waals surface area contributed by atoms with Gasteiger partial charge in [0.1, 0.15) is 11.5 Å². The number of carbonyl (C=O) groups is 2. The minimum Gasteiger partial charge on any atom is -0.507 e. The van der Waals surface area contributed by atoms with E-state index in [1.165, 1.54) is 0 Å². The molecule has 0 saturated heterocycles. The second-order valence-corrected chi connectivity index (χ2v) is 9.86. The molecule has 4 N–H and O–H groups in total. The standard InChI is InChI=1S/C22H28N2O4S2/c1-13-9-17(10-14(2)21(13)27)23-19(25)5-7-29-30-8-6-20(26)24-18-11-15(3)22(28)16(4)12-18/h9-12,27-28H,5-8H2,1-4H3,(H,23,25)(H,24,26). The molecule has 0 aromatic heterocycles. The molecule has 30 heavy (non-hydrogen) atoms. The van der Waals surface area contributed by atoms with Crippen molar-refractivity contribution in [3.63, 3.8) is 0 Å². The molecule has 2 aromatic carbocycles. The predicted octanol–water partition coefficient (Wildman–Crippen LogP) is 5.07. The molecule has 0 spiro atoms. The summed E-state index contributed by atoms with van der Waals surface area (Å²) in [7, 11) is 3.12. The molecule has 0 bridgehead atoms. The number of carbonyl (C=O) groups excluding carboxylic acids is 2. The van der Waals surface area contributed by atoms with Crippen molar-refractivity contribution in [2.45, 2.75) is 40.5 Å². The van der Waals surface area contributed by atoms with E-state index in [1.54, 1.807) is 73.5 Å². The summed E-state index contributed by atoms with van der Waals surface area (Å²) < 4.78 is 0. The Morgan fingerprint density at radius 3 is 1.30 bits per heavy atom. The van der Waals surface area contributed by atoms with Gasteiger partial charge in [0.15, 0.2) is 0 Å². The first-order chi connectivity index (χ1) is 14.2. The van der Waals surface area contributed by atoms with Gasteiger partial charge in [-0.25, -0.2) is 0 Å². The lowest BCUT2D eigenvalue weighted by atomic mass is 10.1. The van der Waals surface area contributed by atoms with E-state index < -0.39 is 0 Å². The molecular weight excluding hydrogens is 420 g/mol. The van der Waals surface area contributed by atoms with Gasteiger partial charge in [-0.1, -0.05) is 21.6 Å². The van der Waals surface area contributed by atoms with Gasteiger partial charge in [-0.3, -0.25) is 9.59 Å². The average molecular weight is 449 g/mol. The van der Waals surface area contributed by atoms with Gasteiger partial charge in [-0.15, -0.1) is 0 Å². The maximum absolute atomic E-state index is 12.1. The molecular formula is C22H28N2O4S2. The van der Waals surface area contributed by atoms with Crippen molar-refractivity contribution >= 4 is 44.8 Å². The Hall–Kier alpha value is -2.32. The third-order valence-corrected chi connectivity index (χ3v) is 6.87. The van der Waals surface area contributed by atoms with E-state index in [1.807, 2.05) is 0 Å². The number of rotatable bonds is 9. The normalized spacial score (nSPS) is 10.7. The number of phenolic OH excluding ortho intramolecular Hbond substituents is 2. The van der Waals surface area contributed by atoms with Gasteiger partial charge in [-0.2, -0.15) is 0 Å². The number of nitrogens with one attached hydrogen (secondary N) is 2. The van der Waals surface area contributed by atoms with Crippen LogP contribution in [0.15, 0.2) is 24.3 Å². The van der Waals surface area contributed by atoms with E-state index in [0.29, 0.717) is 35.7 Å². The molecule has 0 radical (unpaired) electrons. The maximum atomic E-state index is 12.1. The summed E-state index contributed by atoms with van der Waals surface area (Å²) in [5.41, 5.74) is 4.28. The highest BCUT2D eigenvalue weighted by Gasteiger charge is 2.09. The molecule has 0 heterocycles. The molecule has 0 aliphatic heterocycles. The molecule has 2 amide bonds. The summed E-state index contributed by atoms with van der Waals surface area (Å²) in [5, 5.41) is 25.3. The van der Waals surface area contributed by atoms with E-state index >= 15 is 0 Å². The maximum Gasteiger partial charge on any atom is 0.225 e. The van der Waals surface area contributed by atoms with E-state index in [-0.39, 0.29) is 23.3 Å². The van der Waals surface area contributed by atoms with E-state index in [4.69, 9.17) is 0 Å². The zero-order valence-corrected chi connectivity index (χ0v) is 19.3. The molecule has 6 nitrogen and oxygen atoms in total. The Morgan fingerprint density at radius 1 is 0.700 bits per heavy atom. The Balaban J connectivity index is 1.63. The molecule has 0 aliphatic rings. The Labute approximate surface area is 185 Å². The van der Waals surface area contributed by atoms with E-state index in [2.05, 4.69) is 10.6 Å². The van der Waals surface area contributed by atoms with Gasteiger partial charge in [0.2, 0.25) is 11.8 Å². The monoisotopic (exact) mass is 448 g/mol. The fraction of sp³-hybridized carbons (Fsp3) is 0.364. The van der Waals surface area contributed by atoms with Crippen LogP contribution in [0.25, 0.3) is 0 Å². The third-order valence-electron chi connectivity index (χ3n) is 4.46. The number of hydrogen-bond acceptors (Lipinski definition) is 6. The lowest BCUT2D eigenvalue weighted by Gasteiger charge is -2.10. The average Bonchev–Trinajstić information content (AvgIpc) is 2.66. The van der Waals surface area contributed by atoms with Crippen LogP contribution in [0.2, 0.25) is 0 Å². The Kier molecular flexibility index (Phi) is 8.92. The Bertz CT molecular complexity index is 810. The summed E-state index contributed by atoms with van der Waals surface area (Å²) in [6, 6.07) is 6.99. The van der Waals surface area contributed by atoms with Gasteiger partial charge in [0.05, 0.1) is 0 Å². The number of hydrogen-bond donors (Lipinski definition) is 4. The van der Waals surface area contributed by atoms with Crippen LogP contribution in [0.3, 0.4) is 0 Å². The number of phenols is 2. The molecule has 162 valence electrons. The molecule has 2 rings (SSSR count). The summed E-state index contributed by atoms with van der Waals surface area (Å²) in [4.78, 5) is 24.1. The smallest absolute Gasteiger partial charge is 0.225 e. The number of amides is 2.